The molecular weight excluding hydrogens is 486 g/mol. The molecule has 3 atom stereocenters. The number of rotatable bonds is 3. The number of ether oxygens (including phenoxy) is 2. The summed E-state index contributed by atoms with van der Waals surface area (Å²) >= 11 is 0. The topological polar surface area (TPSA) is 119 Å². The standard InChI is InChI=1S/C28H35N5O5/c1-5-18-15-29-26-21-12-17(10-11-20(18)21)8-6-7-9-19-13-23(32-31-19)30-25(16(2)3)27(34)33-22(28(35)36-4)14-24(37-26)38-33/h10-13,15-16,22,24-25H,5-9,14H2,1-4H3,(H2,30,31,32)/t22-,24+,25-/m0/s1. The number of pyridine rings is 1. The highest BCUT2D eigenvalue weighted by atomic mass is 16.8. The number of anilines is 1. The number of nitrogens with one attached hydrogen (secondary N) is 2. The van der Waals surface area contributed by atoms with E-state index in [1.54, 1.807) is 0 Å². The SMILES string of the molecule is CCc1cnc2c3cc(ccc13)CCCCc1cc(n[nH]1)N[C@@H](C(C)C)C(=O)N1O[C@H](C[C@H]1C(=O)OC)O2. The van der Waals surface area contributed by atoms with Gasteiger partial charge in [-0.25, -0.2) is 19.7 Å². The van der Waals surface area contributed by atoms with Gasteiger partial charge in [0.15, 0.2) is 6.04 Å². The predicted octanol–water partition coefficient (Wildman–Crippen LogP) is 3.95. The quantitative estimate of drug-likeness (QED) is 0.498. The number of hydroxylamine groups is 2. The van der Waals surface area contributed by atoms with Gasteiger partial charge in [0.2, 0.25) is 12.2 Å². The number of fused-ring (bicyclic) bond motifs is 5. The smallest absolute Gasteiger partial charge is 0.331 e. The summed E-state index contributed by atoms with van der Waals surface area (Å²) < 4.78 is 11.2. The van der Waals surface area contributed by atoms with E-state index < -0.39 is 30.3 Å². The number of hydrogen-bond acceptors (Lipinski definition) is 8. The highest BCUT2D eigenvalue weighted by Gasteiger charge is 2.46. The van der Waals surface area contributed by atoms with Crippen molar-refractivity contribution in [3.8, 4) is 5.88 Å². The Morgan fingerprint density at radius 2 is 2.03 bits per heavy atom. The van der Waals surface area contributed by atoms with Crippen molar-refractivity contribution in [2.75, 3.05) is 12.4 Å². The van der Waals surface area contributed by atoms with Gasteiger partial charge in [0, 0.05) is 29.8 Å². The minimum absolute atomic E-state index is 0.110. The Kier molecular flexibility index (Phi) is 7.51. The third-order valence-electron chi connectivity index (χ3n) is 7.27. The number of esters is 1. The summed E-state index contributed by atoms with van der Waals surface area (Å²) in [5.41, 5.74) is 3.32. The molecule has 2 aliphatic rings. The van der Waals surface area contributed by atoms with Gasteiger partial charge in [-0.15, -0.1) is 0 Å². The van der Waals surface area contributed by atoms with Crippen LogP contribution in [0.15, 0.2) is 30.5 Å². The molecule has 1 fully saturated rings. The van der Waals surface area contributed by atoms with Crippen LogP contribution in [-0.2, 0) is 38.4 Å². The van der Waals surface area contributed by atoms with Crippen LogP contribution in [0.5, 0.6) is 5.88 Å². The molecule has 202 valence electrons. The molecule has 1 aromatic carbocycles. The van der Waals surface area contributed by atoms with Gasteiger partial charge in [0.25, 0.3) is 5.91 Å². The minimum Gasteiger partial charge on any atom is -0.467 e. The summed E-state index contributed by atoms with van der Waals surface area (Å²) in [7, 11) is 1.30. The summed E-state index contributed by atoms with van der Waals surface area (Å²) in [6.45, 7) is 5.95. The Hall–Kier alpha value is -3.66. The van der Waals surface area contributed by atoms with Gasteiger partial charge in [-0.1, -0.05) is 32.9 Å². The highest BCUT2D eigenvalue weighted by molar-refractivity contribution is 5.90. The first-order valence-electron chi connectivity index (χ1n) is 13.3. The van der Waals surface area contributed by atoms with E-state index >= 15 is 0 Å². The van der Waals surface area contributed by atoms with E-state index in [0.29, 0.717) is 11.7 Å². The van der Waals surface area contributed by atoms with E-state index in [0.717, 1.165) is 59.2 Å². The number of benzene rings is 1. The molecule has 0 aliphatic carbocycles. The number of aromatic amines is 1. The van der Waals surface area contributed by atoms with Crippen LogP contribution in [0.25, 0.3) is 10.8 Å². The van der Waals surface area contributed by atoms with Crippen molar-refractivity contribution in [1.29, 1.82) is 0 Å². The fourth-order valence-corrected chi connectivity index (χ4v) is 5.12. The predicted molar refractivity (Wildman–Crippen MR) is 141 cm³/mol. The molecule has 0 saturated carbocycles. The van der Waals surface area contributed by atoms with Crippen LogP contribution in [0.1, 0.15) is 56.9 Å². The first-order chi connectivity index (χ1) is 18.4. The number of H-pyrrole nitrogens is 1. The molecule has 5 rings (SSSR count). The van der Waals surface area contributed by atoms with Crippen LogP contribution in [-0.4, -0.2) is 57.6 Å². The van der Waals surface area contributed by atoms with Gasteiger partial charge in [-0.2, -0.15) is 5.10 Å². The molecule has 0 radical (unpaired) electrons. The number of nitrogens with zero attached hydrogens (tertiary/aromatic N) is 3. The Morgan fingerprint density at radius 3 is 2.79 bits per heavy atom. The normalized spacial score (nSPS) is 22.2. The molecule has 2 N–H and O–H groups in total. The maximum Gasteiger partial charge on any atom is 0.331 e. The zero-order valence-corrected chi connectivity index (χ0v) is 22.3. The van der Waals surface area contributed by atoms with Gasteiger partial charge < -0.3 is 14.8 Å². The van der Waals surface area contributed by atoms with Gasteiger partial charge in [-0.05, 0) is 60.6 Å². The van der Waals surface area contributed by atoms with Gasteiger partial charge in [0.1, 0.15) is 11.9 Å². The van der Waals surface area contributed by atoms with Crippen LogP contribution >= 0.6 is 0 Å². The van der Waals surface area contributed by atoms with Gasteiger partial charge in [0.05, 0.1) is 7.11 Å². The monoisotopic (exact) mass is 521 g/mol. The van der Waals surface area contributed by atoms with Crippen LogP contribution in [0.3, 0.4) is 0 Å². The second-order valence-electron chi connectivity index (χ2n) is 10.3. The van der Waals surface area contributed by atoms with Crippen molar-refractivity contribution in [2.45, 2.75) is 77.7 Å². The maximum absolute atomic E-state index is 13.7. The first kappa shape index (κ1) is 26.0. The summed E-state index contributed by atoms with van der Waals surface area (Å²) in [6.07, 6.45) is 5.66. The number of aryl methyl sites for hydroxylation is 3. The highest BCUT2D eigenvalue weighted by Crippen LogP contribution is 2.33. The second kappa shape index (κ2) is 11.0. The zero-order chi connectivity index (χ0) is 26.8. The molecule has 2 aromatic heterocycles. The molecular formula is C28H35N5O5. The van der Waals surface area contributed by atoms with Gasteiger partial charge in [-0.3, -0.25) is 9.89 Å². The van der Waals surface area contributed by atoms with E-state index in [2.05, 4.69) is 45.6 Å². The Labute approximate surface area is 222 Å². The lowest BCUT2D eigenvalue weighted by molar-refractivity contribution is -0.219. The van der Waals surface area contributed by atoms with Crippen LogP contribution in [0, 0.1) is 5.92 Å². The molecule has 6 bridgehead atoms. The number of carbonyl (C=O) groups excluding carboxylic acids is 2. The lowest BCUT2D eigenvalue weighted by Crippen LogP contribution is -2.49. The average molecular weight is 522 g/mol. The maximum atomic E-state index is 13.7. The number of hydrogen-bond donors (Lipinski definition) is 2. The minimum atomic E-state index is -0.950. The van der Waals surface area contributed by atoms with Crippen molar-refractivity contribution < 1.29 is 23.9 Å². The fraction of sp³-hybridized carbons (Fsp3) is 0.500. The molecule has 2 aliphatic heterocycles. The number of amides is 1. The lowest BCUT2D eigenvalue weighted by Gasteiger charge is -2.28. The molecule has 1 amide bonds. The van der Waals surface area contributed by atoms with Crippen LogP contribution in [0.4, 0.5) is 5.82 Å². The third kappa shape index (κ3) is 5.18. The number of carbonyl (C=O) groups is 2. The Morgan fingerprint density at radius 1 is 1.21 bits per heavy atom. The molecule has 3 aromatic rings. The lowest BCUT2D eigenvalue weighted by atomic mass is 10.00. The average Bonchev–Trinajstić information content (AvgIpc) is 3.55. The molecule has 10 heteroatoms. The molecule has 0 unspecified atom stereocenters. The molecule has 1 saturated heterocycles. The van der Waals surface area contributed by atoms with Crippen molar-refractivity contribution in [2.24, 2.45) is 5.92 Å². The third-order valence-corrected chi connectivity index (χ3v) is 7.27. The van der Waals surface area contributed by atoms with Crippen molar-refractivity contribution in [1.82, 2.24) is 20.2 Å². The molecule has 38 heavy (non-hydrogen) atoms. The largest absolute Gasteiger partial charge is 0.467 e. The fourth-order valence-electron chi connectivity index (χ4n) is 5.12. The summed E-state index contributed by atoms with van der Waals surface area (Å²) in [5.74, 6) is -0.0795. The van der Waals surface area contributed by atoms with E-state index in [-0.39, 0.29) is 12.3 Å². The summed E-state index contributed by atoms with van der Waals surface area (Å²) in [4.78, 5) is 37.0. The summed E-state index contributed by atoms with van der Waals surface area (Å²) in [6, 6.07) is 6.71. The van der Waals surface area contributed by atoms with Crippen molar-refractivity contribution in [3.63, 3.8) is 0 Å². The van der Waals surface area contributed by atoms with E-state index in [4.69, 9.17) is 14.3 Å². The van der Waals surface area contributed by atoms with E-state index in [1.165, 1.54) is 12.7 Å². The molecule has 4 heterocycles. The number of aromatic nitrogens is 3. The van der Waals surface area contributed by atoms with E-state index in [1.807, 2.05) is 26.1 Å². The second-order valence-corrected chi connectivity index (χ2v) is 10.3. The van der Waals surface area contributed by atoms with Gasteiger partial charge >= 0.3 is 5.97 Å². The zero-order valence-electron chi connectivity index (χ0n) is 22.3. The molecule has 10 nitrogen and oxygen atoms in total. The van der Waals surface area contributed by atoms with Crippen molar-refractivity contribution >= 4 is 28.5 Å². The first-order valence-corrected chi connectivity index (χ1v) is 13.3. The van der Waals surface area contributed by atoms with Crippen LogP contribution < -0.4 is 10.1 Å². The van der Waals surface area contributed by atoms with Crippen LogP contribution in [0.2, 0.25) is 0 Å². The van der Waals surface area contributed by atoms with E-state index in [9.17, 15) is 9.59 Å². The Bertz CT molecular complexity index is 1320. The summed E-state index contributed by atoms with van der Waals surface area (Å²) in [5, 5.41) is 13.7. The number of methoxy groups -OCH3 is 1. The Balaban J connectivity index is 1.55. The van der Waals surface area contributed by atoms with Crippen molar-refractivity contribution in [3.05, 3.63) is 47.3 Å². The molecule has 0 spiro atoms.